The van der Waals surface area contributed by atoms with Gasteiger partial charge in [-0.15, -0.1) is 0 Å². The van der Waals surface area contributed by atoms with Gasteiger partial charge in [-0.05, 0) is 44.2 Å². The number of nitro benzene ring substituents is 1. The van der Waals surface area contributed by atoms with Crippen LogP contribution in [0.3, 0.4) is 0 Å². The molecule has 0 spiro atoms. The maximum atomic E-state index is 12.9. The van der Waals surface area contributed by atoms with Crippen molar-refractivity contribution in [3.63, 3.8) is 0 Å². The van der Waals surface area contributed by atoms with Gasteiger partial charge in [0.2, 0.25) is 17.7 Å². The summed E-state index contributed by atoms with van der Waals surface area (Å²) >= 11 is 0. The second-order valence-electron chi connectivity index (χ2n) is 9.38. The van der Waals surface area contributed by atoms with Crippen molar-refractivity contribution in [3.05, 3.63) is 34.4 Å². The smallest absolute Gasteiger partial charge is 0.269 e. The van der Waals surface area contributed by atoms with Crippen LogP contribution in [0, 0.1) is 16.0 Å². The van der Waals surface area contributed by atoms with Crippen LogP contribution in [-0.4, -0.2) is 53.3 Å². The molecule has 0 aromatic heterocycles. The summed E-state index contributed by atoms with van der Waals surface area (Å²) in [6.07, 6.45) is 6.79. The van der Waals surface area contributed by atoms with E-state index in [2.05, 4.69) is 20.9 Å². The van der Waals surface area contributed by atoms with E-state index in [0.29, 0.717) is 24.4 Å². The molecule has 2 rings (SSSR count). The Morgan fingerprint density at radius 2 is 1.70 bits per heavy atom. The SMILES string of the molecule is CC(NC(=O)C(N)CC1CCCCC1)C(=O)NC(CCCN=C(N)N)C(=O)Nc1ccc([N+](=O)[O-])cc1. The normalized spacial score (nSPS) is 16.1. The highest BCUT2D eigenvalue weighted by Gasteiger charge is 2.27. The number of rotatable bonds is 13. The first-order valence-electron chi connectivity index (χ1n) is 12.5. The monoisotopic (exact) mass is 518 g/mol. The van der Waals surface area contributed by atoms with Gasteiger partial charge in [-0.3, -0.25) is 29.5 Å². The van der Waals surface area contributed by atoms with Gasteiger partial charge in [0.1, 0.15) is 12.1 Å². The summed E-state index contributed by atoms with van der Waals surface area (Å²) in [6.45, 7) is 1.77. The van der Waals surface area contributed by atoms with E-state index in [0.717, 1.165) is 25.7 Å². The zero-order chi connectivity index (χ0) is 27.4. The molecule has 9 N–H and O–H groups in total. The molecule has 0 saturated heterocycles. The lowest BCUT2D eigenvalue weighted by Crippen LogP contribution is -2.54. The van der Waals surface area contributed by atoms with Gasteiger partial charge in [0.25, 0.3) is 5.69 Å². The summed E-state index contributed by atoms with van der Waals surface area (Å²) in [6, 6.07) is 2.71. The summed E-state index contributed by atoms with van der Waals surface area (Å²) in [5.41, 5.74) is 17.0. The van der Waals surface area contributed by atoms with E-state index in [1.165, 1.54) is 37.6 Å². The number of hydrogen-bond acceptors (Lipinski definition) is 7. The van der Waals surface area contributed by atoms with Gasteiger partial charge in [0, 0.05) is 24.4 Å². The number of carbonyl (C=O) groups is 3. The number of carbonyl (C=O) groups excluding carboxylic acids is 3. The molecule has 13 heteroatoms. The number of hydrogen-bond donors (Lipinski definition) is 6. The van der Waals surface area contributed by atoms with Gasteiger partial charge in [-0.1, -0.05) is 32.1 Å². The average Bonchev–Trinajstić information content (AvgIpc) is 2.86. The van der Waals surface area contributed by atoms with E-state index >= 15 is 0 Å². The number of amides is 3. The Bertz CT molecular complexity index is 958. The van der Waals surface area contributed by atoms with Crippen LogP contribution < -0.4 is 33.2 Å². The summed E-state index contributed by atoms with van der Waals surface area (Å²) in [5.74, 6) is -1.16. The maximum Gasteiger partial charge on any atom is 0.269 e. The molecule has 1 aliphatic carbocycles. The minimum Gasteiger partial charge on any atom is -0.370 e. The molecular weight excluding hydrogens is 480 g/mol. The maximum absolute atomic E-state index is 12.9. The first-order chi connectivity index (χ1) is 17.6. The van der Waals surface area contributed by atoms with Crippen LogP contribution in [0.5, 0.6) is 0 Å². The van der Waals surface area contributed by atoms with Gasteiger partial charge < -0.3 is 33.2 Å². The standard InChI is InChI=1S/C24H38N8O5/c1-15(29-22(34)19(25)14-16-6-3-2-4-7-16)21(33)31-20(8-5-13-28-24(26)27)23(35)30-17-9-11-18(12-10-17)32(36)37/h9-12,15-16,19-20H,2-8,13-14,25H2,1H3,(H,29,34)(H,30,35)(H,31,33)(H4,26,27,28). The number of benzene rings is 1. The van der Waals surface area contributed by atoms with Crippen LogP contribution in [0.15, 0.2) is 29.3 Å². The molecule has 1 aromatic carbocycles. The van der Waals surface area contributed by atoms with Crippen LogP contribution in [0.4, 0.5) is 11.4 Å². The first-order valence-corrected chi connectivity index (χ1v) is 12.5. The number of guanidine groups is 1. The summed E-state index contributed by atoms with van der Waals surface area (Å²) in [5, 5.41) is 18.8. The number of anilines is 1. The molecule has 0 aliphatic heterocycles. The Kier molecular flexibility index (Phi) is 11.7. The number of nitro groups is 1. The zero-order valence-electron chi connectivity index (χ0n) is 21.2. The number of aliphatic imine (C=N–C) groups is 1. The third-order valence-electron chi connectivity index (χ3n) is 6.32. The number of nitrogens with two attached hydrogens (primary N) is 3. The van der Waals surface area contributed by atoms with Crippen molar-refractivity contribution >= 4 is 35.1 Å². The van der Waals surface area contributed by atoms with Crippen molar-refractivity contribution in [1.82, 2.24) is 10.6 Å². The highest BCUT2D eigenvalue weighted by atomic mass is 16.6. The Hall–Kier alpha value is -3.74. The molecule has 0 radical (unpaired) electrons. The Balaban J connectivity index is 1.97. The molecule has 1 saturated carbocycles. The van der Waals surface area contributed by atoms with Crippen molar-refractivity contribution < 1.29 is 19.3 Å². The molecule has 37 heavy (non-hydrogen) atoms. The van der Waals surface area contributed by atoms with E-state index in [4.69, 9.17) is 17.2 Å². The van der Waals surface area contributed by atoms with Crippen LogP contribution in [0.1, 0.15) is 58.3 Å². The van der Waals surface area contributed by atoms with Crippen molar-refractivity contribution in [2.45, 2.75) is 76.4 Å². The fraction of sp³-hybridized carbons (Fsp3) is 0.583. The van der Waals surface area contributed by atoms with Gasteiger partial charge in [0.05, 0.1) is 11.0 Å². The van der Waals surface area contributed by atoms with Gasteiger partial charge in [0.15, 0.2) is 5.96 Å². The second-order valence-corrected chi connectivity index (χ2v) is 9.38. The quantitative estimate of drug-likeness (QED) is 0.0721. The minimum atomic E-state index is -0.966. The van der Waals surface area contributed by atoms with Crippen molar-refractivity contribution in [3.8, 4) is 0 Å². The van der Waals surface area contributed by atoms with Crippen molar-refractivity contribution in [2.24, 2.45) is 28.1 Å². The predicted octanol–water partition coefficient (Wildman–Crippen LogP) is 0.874. The fourth-order valence-corrected chi connectivity index (χ4v) is 4.24. The third-order valence-corrected chi connectivity index (χ3v) is 6.32. The molecule has 1 fully saturated rings. The highest BCUT2D eigenvalue weighted by molar-refractivity contribution is 5.98. The van der Waals surface area contributed by atoms with E-state index in [9.17, 15) is 24.5 Å². The Labute approximate surface area is 216 Å². The van der Waals surface area contributed by atoms with Crippen LogP contribution in [0.2, 0.25) is 0 Å². The molecule has 3 amide bonds. The minimum absolute atomic E-state index is 0.0863. The van der Waals surface area contributed by atoms with E-state index < -0.39 is 40.8 Å². The molecule has 1 aliphatic rings. The largest absolute Gasteiger partial charge is 0.370 e. The molecular formula is C24H38N8O5. The molecule has 0 heterocycles. The lowest BCUT2D eigenvalue weighted by molar-refractivity contribution is -0.384. The molecule has 1 aromatic rings. The van der Waals surface area contributed by atoms with Gasteiger partial charge >= 0.3 is 0 Å². The molecule has 204 valence electrons. The van der Waals surface area contributed by atoms with Gasteiger partial charge in [-0.2, -0.15) is 0 Å². The second kappa shape index (κ2) is 14.7. The lowest BCUT2D eigenvalue weighted by Gasteiger charge is -2.25. The molecule has 13 nitrogen and oxygen atoms in total. The fourth-order valence-electron chi connectivity index (χ4n) is 4.24. The molecule has 3 unspecified atom stereocenters. The summed E-state index contributed by atoms with van der Waals surface area (Å²) in [4.78, 5) is 52.5. The highest BCUT2D eigenvalue weighted by Crippen LogP contribution is 2.27. The van der Waals surface area contributed by atoms with E-state index in [-0.39, 0.29) is 24.6 Å². The first kappa shape index (κ1) is 29.5. The zero-order valence-corrected chi connectivity index (χ0v) is 21.2. The van der Waals surface area contributed by atoms with Crippen molar-refractivity contribution in [1.29, 1.82) is 0 Å². The van der Waals surface area contributed by atoms with E-state index in [1.54, 1.807) is 0 Å². The van der Waals surface area contributed by atoms with Crippen LogP contribution >= 0.6 is 0 Å². The molecule has 3 atom stereocenters. The molecule has 0 bridgehead atoms. The summed E-state index contributed by atoms with van der Waals surface area (Å²) < 4.78 is 0. The van der Waals surface area contributed by atoms with E-state index in [1.807, 2.05) is 0 Å². The van der Waals surface area contributed by atoms with Crippen LogP contribution in [-0.2, 0) is 14.4 Å². The third kappa shape index (κ3) is 10.4. The van der Waals surface area contributed by atoms with Crippen molar-refractivity contribution in [2.75, 3.05) is 11.9 Å². The Morgan fingerprint density at radius 1 is 1.05 bits per heavy atom. The average molecular weight is 519 g/mol. The number of nitrogens with zero attached hydrogens (tertiary/aromatic N) is 2. The predicted molar refractivity (Wildman–Crippen MR) is 140 cm³/mol. The van der Waals surface area contributed by atoms with Gasteiger partial charge in [-0.25, -0.2) is 0 Å². The number of nitrogens with one attached hydrogen (secondary N) is 3. The Morgan fingerprint density at radius 3 is 2.30 bits per heavy atom. The topological polar surface area (TPSA) is 221 Å². The lowest BCUT2D eigenvalue weighted by atomic mass is 9.85. The number of non-ortho nitro benzene ring substituents is 1. The van der Waals surface area contributed by atoms with Crippen LogP contribution in [0.25, 0.3) is 0 Å². The summed E-state index contributed by atoms with van der Waals surface area (Å²) in [7, 11) is 0.